The van der Waals surface area contributed by atoms with Crippen LogP contribution in [-0.4, -0.2) is 0 Å². The van der Waals surface area contributed by atoms with E-state index in [1.54, 1.807) is 11.1 Å². The molecule has 0 fully saturated rings. The second-order valence-electron chi connectivity index (χ2n) is 4.07. The molecule has 1 aromatic carbocycles. The molecule has 0 heterocycles. The largest absolute Gasteiger partial charge is 0.0801 e. The summed E-state index contributed by atoms with van der Waals surface area (Å²) in [5.74, 6) is 0. The maximum absolute atomic E-state index is 2.25. The number of rotatable bonds is 1. The van der Waals surface area contributed by atoms with Crippen LogP contribution in [0.4, 0.5) is 0 Å². The smallest absolute Gasteiger partial charge is 0.00852 e. The van der Waals surface area contributed by atoms with Crippen LogP contribution in [0, 0.1) is 0 Å². The molecule has 0 aliphatic heterocycles. The van der Waals surface area contributed by atoms with E-state index >= 15 is 0 Å². The maximum atomic E-state index is 2.25. The Hall–Kier alpha value is -1.56. The van der Waals surface area contributed by atoms with Crippen LogP contribution in [-0.2, 0) is 0 Å². The molecule has 2 aliphatic carbocycles. The van der Waals surface area contributed by atoms with Crippen molar-refractivity contribution in [2.75, 3.05) is 0 Å². The van der Waals surface area contributed by atoms with Crippen LogP contribution in [0.15, 0.2) is 48.1 Å². The summed E-state index contributed by atoms with van der Waals surface area (Å²) >= 11 is 0. The lowest BCUT2D eigenvalue weighted by Crippen LogP contribution is -1.87. The van der Waals surface area contributed by atoms with Crippen molar-refractivity contribution in [1.29, 1.82) is 0 Å². The Labute approximate surface area is 98.0 Å². The summed E-state index contributed by atoms with van der Waals surface area (Å²) < 4.78 is 0. The van der Waals surface area contributed by atoms with E-state index in [1.807, 2.05) is 0 Å². The van der Waals surface area contributed by atoms with Gasteiger partial charge in [0.2, 0.25) is 0 Å². The Balaban J connectivity index is 0.000000963. The molecule has 0 atom stereocenters. The third-order valence-electron chi connectivity index (χ3n) is 3.31. The van der Waals surface area contributed by atoms with Crippen molar-refractivity contribution in [1.82, 2.24) is 0 Å². The fraction of sp³-hybridized carbons (Fsp3) is 0.250. The zero-order valence-electron chi connectivity index (χ0n) is 8.96. The molecule has 0 amide bonds. The molecule has 1 aromatic rings. The van der Waals surface area contributed by atoms with Gasteiger partial charge in [-0.25, -0.2) is 0 Å². The van der Waals surface area contributed by atoms with Crippen molar-refractivity contribution < 1.29 is 0 Å². The number of fused-ring (bicyclic) bond motifs is 3. The zero-order chi connectivity index (χ0) is 10.3. The van der Waals surface area contributed by atoms with Crippen LogP contribution < -0.4 is 0 Å². The van der Waals surface area contributed by atoms with Crippen molar-refractivity contribution in [2.45, 2.75) is 27.2 Å². The SMILES string of the molecule is C.CCC1=C2CC=CC=C2c2ccccc21. The monoisotopic (exact) mass is 210 g/mol. The summed E-state index contributed by atoms with van der Waals surface area (Å²) in [5, 5.41) is 0. The molecule has 82 valence electrons. The number of hydrogen-bond donors (Lipinski definition) is 0. The zero-order valence-corrected chi connectivity index (χ0v) is 8.96. The Morgan fingerprint density at radius 2 is 1.88 bits per heavy atom. The van der Waals surface area contributed by atoms with E-state index in [9.17, 15) is 0 Å². The van der Waals surface area contributed by atoms with Crippen molar-refractivity contribution in [3.05, 3.63) is 59.2 Å². The Morgan fingerprint density at radius 1 is 1.12 bits per heavy atom. The predicted molar refractivity (Wildman–Crippen MR) is 72.1 cm³/mol. The van der Waals surface area contributed by atoms with Crippen molar-refractivity contribution in [3.63, 3.8) is 0 Å². The van der Waals surface area contributed by atoms with Gasteiger partial charge in [-0.3, -0.25) is 0 Å². The minimum absolute atomic E-state index is 0. The third-order valence-corrected chi connectivity index (χ3v) is 3.31. The summed E-state index contributed by atoms with van der Waals surface area (Å²) in [6, 6.07) is 8.76. The fourth-order valence-electron chi connectivity index (χ4n) is 2.65. The molecule has 2 aliphatic rings. The van der Waals surface area contributed by atoms with Crippen LogP contribution in [0.2, 0.25) is 0 Å². The summed E-state index contributed by atoms with van der Waals surface area (Å²) in [7, 11) is 0. The average Bonchev–Trinajstić information content (AvgIpc) is 2.63. The topological polar surface area (TPSA) is 0 Å². The van der Waals surface area contributed by atoms with E-state index in [0.29, 0.717) is 0 Å². The highest BCUT2D eigenvalue weighted by Crippen LogP contribution is 2.45. The second-order valence-corrected chi connectivity index (χ2v) is 4.07. The highest BCUT2D eigenvalue weighted by molar-refractivity contribution is 6.01. The van der Waals surface area contributed by atoms with Gasteiger partial charge in [-0.15, -0.1) is 0 Å². The molecular weight excluding hydrogens is 192 g/mol. The normalized spacial score (nSPS) is 16.4. The summed E-state index contributed by atoms with van der Waals surface area (Å²) in [5.41, 5.74) is 7.41. The third kappa shape index (κ3) is 1.37. The van der Waals surface area contributed by atoms with Gasteiger partial charge in [-0.2, -0.15) is 0 Å². The van der Waals surface area contributed by atoms with Gasteiger partial charge in [0.1, 0.15) is 0 Å². The van der Waals surface area contributed by atoms with Gasteiger partial charge in [0.25, 0.3) is 0 Å². The Bertz CT molecular complexity index is 499. The highest BCUT2D eigenvalue weighted by Gasteiger charge is 2.24. The maximum Gasteiger partial charge on any atom is -0.00852 e. The summed E-state index contributed by atoms with van der Waals surface area (Å²) in [6.45, 7) is 2.25. The fourth-order valence-corrected chi connectivity index (χ4v) is 2.65. The number of hydrogen-bond acceptors (Lipinski definition) is 0. The first-order chi connectivity index (χ1) is 7.42. The van der Waals surface area contributed by atoms with E-state index in [1.165, 1.54) is 16.7 Å². The Kier molecular flexibility index (Phi) is 2.82. The van der Waals surface area contributed by atoms with E-state index in [4.69, 9.17) is 0 Å². The molecule has 0 heteroatoms. The first-order valence-electron chi connectivity index (χ1n) is 5.61. The van der Waals surface area contributed by atoms with Gasteiger partial charge in [0.05, 0.1) is 0 Å². The Morgan fingerprint density at radius 3 is 2.62 bits per heavy atom. The van der Waals surface area contributed by atoms with Gasteiger partial charge in [-0.05, 0) is 40.7 Å². The minimum atomic E-state index is 0. The first kappa shape index (κ1) is 10.9. The lowest BCUT2D eigenvalue weighted by atomic mass is 9.96. The summed E-state index contributed by atoms with van der Waals surface area (Å²) in [6.07, 6.45) is 8.91. The second kappa shape index (κ2) is 4.13. The molecule has 3 rings (SSSR count). The van der Waals surface area contributed by atoms with Crippen LogP contribution in [0.5, 0.6) is 0 Å². The quantitative estimate of drug-likeness (QED) is 0.622. The molecular formula is C16H18. The first-order valence-corrected chi connectivity index (χ1v) is 5.61. The van der Waals surface area contributed by atoms with E-state index < -0.39 is 0 Å². The molecule has 0 spiro atoms. The number of benzene rings is 1. The van der Waals surface area contributed by atoms with Crippen LogP contribution >= 0.6 is 0 Å². The molecule has 0 nitrogen and oxygen atoms in total. The number of allylic oxidation sites excluding steroid dienone is 6. The lowest BCUT2D eigenvalue weighted by Gasteiger charge is -2.08. The predicted octanol–water partition coefficient (Wildman–Crippen LogP) is 4.84. The van der Waals surface area contributed by atoms with Gasteiger partial charge >= 0.3 is 0 Å². The van der Waals surface area contributed by atoms with E-state index in [2.05, 4.69) is 49.4 Å². The molecule has 0 bridgehead atoms. The molecule has 0 unspecified atom stereocenters. The van der Waals surface area contributed by atoms with Crippen molar-refractivity contribution >= 4 is 11.1 Å². The highest BCUT2D eigenvalue weighted by atomic mass is 14.3. The van der Waals surface area contributed by atoms with Crippen LogP contribution in [0.25, 0.3) is 11.1 Å². The average molecular weight is 210 g/mol. The molecule has 0 aromatic heterocycles. The van der Waals surface area contributed by atoms with Crippen LogP contribution in [0.3, 0.4) is 0 Å². The van der Waals surface area contributed by atoms with Gasteiger partial charge in [-0.1, -0.05) is 56.8 Å². The molecule has 0 saturated heterocycles. The lowest BCUT2D eigenvalue weighted by molar-refractivity contribution is 1.20. The van der Waals surface area contributed by atoms with Gasteiger partial charge in [0, 0.05) is 0 Å². The van der Waals surface area contributed by atoms with Gasteiger partial charge < -0.3 is 0 Å². The van der Waals surface area contributed by atoms with Crippen molar-refractivity contribution in [3.8, 4) is 0 Å². The van der Waals surface area contributed by atoms with E-state index in [-0.39, 0.29) is 7.43 Å². The van der Waals surface area contributed by atoms with Crippen molar-refractivity contribution in [2.24, 2.45) is 0 Å². The van der Waals surface area contributed by atoms with Gasteiger partial charge in [0.15, 0.2) is 0 Å². The van der Waals surface area contributed by atoms with Crippen LogP contribution in [0.1, 0.15) is 38.3 Å². The molecule has 0 N–H and O–H groups in total. The molecule has 0 saturated carbocycles. The molecule has 16 heavy (non-hydrogen) atoms. The minimum Gasteiger partial charge on any atom is -0.0801 e. The summed E-state index contributed by atoms with van der Waals surface area (Å²) in [4.78, 5) is 0. The van der Waals surface area contributed by atoms with E-state index in [0.717, 1.165) is 12.8 Å². The molecule has 0 radical (unpaired) electrons. The standard InChI is InChI=1S/C15H14.CH4/c1-2-11-12-7-3-5-9-14(12)15-10-6-4-8-13(11)15;/h3-7,9-10H,2,8H2,1H3;1H4.